The third-order valence-electron chi connectivity index (χ3n) is 4.33. The number of likely N-dealkylation sites (N-methyl/N-ethyl adjacent to an activating group) is 1. The van der Waals surface area contributed by atoms with E-state index in [4.69, 9.17) is 0 Å². The first kappa shape index (κ1) is 15.4. The van der Waals surface area contributed by atoms with Crippen molar-refractivity contribution >= 4 is 0 Å². The molecule has 0 aromatic heterocycles. The van der Waals surface area contributed by atoms with Gasteiger partial charge in [-0.05, 0) is 36.9 Å². The standard InChI is InChI=1S/C17H25F2N/c1-2-20-15(11-13-7-4-3-5-8-13)12-14-9-6-10-16(18)17(14)19/h6,9-10,13,15,20H,2-5,7-8,11-12H2,1H3. The fraction of sp³-hybridized carbons (Fsp3) is 0.647. The molecule has 1 aromatic carbocycles. The lowest BCUT2D eigenvalue weighted by Crippen LogP contribution is -2.33. The van der Waals surface area contributed by atoms with Crippen LogP contribution in [0.15, 0.2) is 18.2 Å². The van der Waals surface area contributed by atoms with E-state index in [1.165, 1.54) is 38.2 Å². The Bertz CT molecular complexity index is 413. The molecule has 1 aliphatic carbocycles. The molecule has 3 heteroatoms. The van der Waals surface area contributed by atoms with E-state index in [0.717, 1.165) is 18.9 Å². The van der Waals surface area contributed by atoms with Crippen LogP contribution in [0.3, 0.4) is 0 Å². The lowest BCUT2D eigenvalue weighted by Gasteiger charge is -2.27. The first-order valence-electron chi connectivity index (χ1n) is 7.87. The van der Waals surface area contributed by atoms with E-state index >= 15 is 0 Å². The van der Waals surface area contributed by atoms with Crippen LogP contribution in [-0.2, 0) is 6.42 Å². The van der Waals surface area contributed by atoms with E-state index in [1.807, 2.05) is 0 Å². The van der Waals surface area contributed by atoms with Crippen molar-refractivity contribution < 1.29 is 8.78 Å². The van der Waals surface area contributed by atoms with Crippen LogP contribution in [0.1, 0.15) is 51.0 Å². The minimum absolute atomic E-state index is 0.249. The molecule has 0 heterocycles. The van der Waals surface area contributed by atoms with Crippen molar-refractivity contribution in [1.82, 2.24) is 5.32 Å². The van der Waals surface area contributed by atoms with Gasteiger partial charge >= 0.3 is 0 Å². The third kappa shape index (κ3) is 4.27. The largest absolute Gasteiger partial charge is 0.314 e. The van der Waals surface area contributed by atoms with E-state index in [-0.39, 0.29) is 6.04 Å². The molecule has 0 amide bonds. The normalized spacial score (nSPS) is 18.1. The Morgan fingerprint density at radius 3 is 2.65 bits per heavy atom. The van der Waals surface area contributed by atoms with Crippen molar-refractivity contribution in [2.75, 3.05) is 6.54 Å². The maximum Gasteiger partial charge on any atom is 0.162 e. The summed E-state index contributed by atoms with van der Waals surface area (Å²) in [6.07, 6.45) is 8.20. The quantitative estimate of drug-likeness (QED) is 0.812. The van der Waals surface area contributed by atoms with Gasteiger partial charge in [-0.3, -0.25) is 0 Å². The second-order valence-corrected chi connectivity index (χ2v) is 5.91. The van der Waals surface area contributed by atoms with Crippen molar-refractivity contribution in [3.8, 4) is 0 Å². The first-order chi connectivity index (χ1) is 9.70. The van der Waals surface area contributed by atoms with Crippen molar-refractivity contribution in [3.05, 3.63) is 35.4 Å². The van der Waals surface area contributed by atoms with Crippen LogP contribution >= 0.6 is 0 Å². The number of rotatable bonds is 6. The summed E-state index contributed by atoms with van der Waals surface area (Å²) in [4.78, 5) is 0. The van der Waals surface area contributed by atoms with Gasteiger partial charge in [0.2, 0.25) is 0 Å². The van der Waals surface area contributed by atoms with Gasteiger partial charge in [-0.1, -0.05) is 51.2 Å². The average molecular weight is 281 g/mol. The van der Waals surface area contributed by atoms with Crippen molar-refractivity contribution in [1.29, 1.82) is 0 Å². The maximum atomic E-state index is 13.8. The Kier molecular flexibility index (Phi) is 5.96. The molecule has 1 atom stereocenters. The van der Waals surface area contributed by atoms with Crippen LogP contribution in [0.5, 0.6) is 0 Å². The van der Waals surface area contributed by atoms with E-state index in [9.17, 15) is 8.78 Å². The Balaban J connectivity index is 1.98. The molecule has 1 unspecified atom stereocenters. The molecule has 0 saturated heterocycles. The lowest BCUT2D eigenvalue weighted by molar-refractivity contribution is 0.297. The highest BCUT2D eigenvalue weighted by Crippen LogP contribution is 2.28. The molecule has 1 saturated carbocycles. The zero-order chi connectivity index (χ0) is 14.4. The Morgan fingerprint density at radius 2 is 1.95 bits per heavy atom. The molecule has 1 nitrogen and oxygen atoms in total. The monoisotopic (exact) mass is 281 g/mol. The molecule has 1 aliphatic rings. The van der Waals surface area contributed by atoms with Gasteiger partial charge < -0.3 is 5.32 Å². The van der Waals surface area contributed by atoms with Crippen LogP contribution < -0.4 is 5.32 Å². The van der Waals surface area contributed by atoms with Gasteiger partial charge in [-0.15, -0.1) is 0 Å². The average Bonchev–Trinajstić information content (AvgIpc) is 2.45. The Morgan fingerprint density at radius 1 is 1.20 bits per heavy atom. The number of halogens is 2. The maximum absolute atomic E-state index is 13.8. The van der Waals surface area contributed by atoms with Crippen molar-refractivity contribution in [2.45, 2.75) is 57.9 Å². The summed E-state index contributed by atoms with van der Waals surface area (Å²) in [5.74, 6) is -0.682. The van der Waals surface area contributed by atoms with Gasteiger partial charge in [0.1, 0.15) is 0 Å². The molecule has 0 spiro atoms. The topological polar surface area (TPSA) is 12.0 Å². The summed E-state index contributed by atoms with van der Waals surface area (Å²) in [6, 6.07) is 4.72. The van der Waals surface area contributed by atoms with E-state index in [0.29, 0.717) is 12.0 Å². The van der Waals surface area contributed by atoms with Crippen molar-refractivity contribution in [3.63, 3.8) is 0 Å². The van der Waals surface area contributed by atoms with Gasteiger partial charge in [0.25, 0.3) is 0 Å². The highest BCUT2D eigenvalue weighted by Gasteiger charge is 2.20. The number of benzene rings is 1. The van der Waals surface area contributed by atoms with Crippen LogP contribution in [0.25, 0.3) is 0 Å². The second-order valence-electron chi connectivity index (χ2n) is 5.91. The Labute approximate surface area is 120 Å². The summed E-state index contributed by atoms with van der Waals surface area (Å²) in [7, 11) is 0. The number of hydrogen-bond acceptors (Lipinski definition) is 1. The number of nitrogens with one attached hydrogen (secondary N) is 1. The fourth-order valence-electron chi connectivity index (χ4n) is 3.32. The van der Waals surface area contributed by atoms with Crippen molar-refractivity contribution in [2.24, 2.45) is 5.92 Å². The molecule has 0 aliphatic heterocycles. The SMILES string of the molecule is CCNC(Cc1cccc(F)c1F)CC1CCCCC1. The molecule has 1 N–H and O–H groups in total. The second kappa shape index (κ2) is 7.72. The minimum atomic E-state index is -0.740. The molecule has 20 heavy (non-hydrogen) atoms. The predicted octanol–water partition coefficient (Wildman–Crippen LogP) is 4.46. The van der Waals surface area contributed by atoms with Crippen LogP contribution in [0.4, 0.5) is 8.78 Å². The van der Waals surface area contributed by atoms with E-state index in [1.54, 1.807) is 12.1 Å². The minimum Gasteiger partial charge on any atom is -0.314 e. The van der Waals surface area contributed by atoms with Crippen LogP contribution in [0.2, 0.25) is 0 Å². The fourth-order valence-corrected chi connectivity index (χ4v) is 3.32. The van der Waals surface area contributed by atoms with Crippen LogP contribution in [0, 0.1) is 17.6 Å². The lowest BCUT2D eigenvalue weighted by atomic mass is 9.83. The van der Waals surface area contributed by atoms with Gasteiger partial charge in [0.15, 0.2) is 11.6 Å². The molecule has 112 valence electrons. The predicted molar refractivity (Wildman–Crippen MR) is 78.7 cm³/mol. The summed E-state index contributed by atoms with van der Waals surface area (Å²) in [5.41, 5.74) is 0.492. The highest BCUT2D eigenvalue weighted by atomic mass is 19.2. The molecule has 0 radical (unpaired) electrons. The summed E-state index contributed by atoms with van der Waals surface area (Å²) in [6.45, 7) is 2.93. The summed E-state index contributed by atoms with van der Waals surface area (Å²) in [5, 5.41) is 3.44. The van der Waals surface area contributed by atoms with Gasteiger partial charge in [-0.2, -0.15) is 0 Å². The molecule has 2 rings (SSSR count). The molecular weight excluding hydrogens is 256 g/mol. The molecule has 1 aromatic rings. The third-order valence-corrected chi connectivity index (χ3v) is 4.33. The number of hydrogen-bond donors (Lipinski definition) is 1. The first-order valence-corrected chi connectivity index (χ1v) is 7.87. The molecular formula is C17H25F2N. The zero-order valence-corrected chi connectivity index (χ0v) is 12.3. The summed E-state index contributed by atoms with van der Waals surface area (Å²) >= 11 is 0. The Hall–Kier alpha value is -0.960. The molecule has 0 bridgehead atoms. The van der Waals surface area contributed by atoms with E-state index < -0.39 is 11.6 Å². The van der Waals surface area contributed by atoms with Gasteiger partial charge in [0, 0.05) is 6.04 Å². The van der Waals surface area contributed by atoms with Gasteiger partial charge in [-0.25, -0.2) is 8.78 Å². The summed E-state index contributed by atoms with van der Waals surface area (Å²) < 4.78 is 27.1. The highest BCUT2D eigenvalue weighted by molar-refractivity contribution is 5.20. The van der Waals surface area contributed by atoms with Gasteiger partial charge in [0.05, 0.1) is 0 Å². The smallest absolute Gasteiger partial charge is 0.162 e. The molecule has 1 fully saturated rings. The zero-order valence-electron chi connectivity index (χ0n) is 12.3. The van der Waals surface area contributed by atoms with E-state index in [2.05, 4.69) is 12.2 Å². The van der Waals surface area contributed by atoms with Crippen LogP contribution in [-0.4, -0.2) is 12.6 Å².